The number of hydrogen-bond acceptors (Lipinski definition) is 3. The molecule has 0 radical (unpaired) electrons. The van der Waals surface area contributed by atoms with Crippen LogP contribution in [-0.2, 0) is 9.53 Å². The SMILES string of the molecule is CC1CC(CN)CCC1C(=O)OC(C)(C)C. The van der Waals surface area contributed by atoms with Crippen molar-refractivity contribution >= 4 is 5.97 Å². The number of carbonyl (C=O) groups is 1. The normalized spacial score (nSPS) is 31.2. The van der Waals surface area contributed by atoms with E-state index in [1.165, 1.54) is 0 Å². The van der Waals surface area contributed by atoms with Gasteiger partial charge in [-0.3, -0.25) is 4.79 Å². The van der Waals surface area contributed by atoms with E-state index in [-0.39, 0.29) is 17.5 Å². The molecule has 1 saturated carbocycles. The maximum Gasteiger partial charge on any atom is 0.309 e. The second-order valence-electron chi connectivity index (χ2n) is 6.03. The Bertz CT molecular complexity index is 245. The Hall–Kier alpha value is -0.570. The van der Waals surface area contributed by atoms with Gasteiger partial charge in [0.2, 0.25) is 0 Å². The lowest BCUT2D eigenvalue weighted by Crippen LogP contribution is -2.36. The summed E-state index contributed by atoms with van der Waals surface area (Å²) in [6.45, 7) is 8.63. The van der Waals surface area contributed by atoms with Crippen molar-refractivity contribution in [3.8, 4) is 0 Å². The van der Waals surface area contributed by atoms with Gasteiger partial charge in [0.05, 0.1) is 5.92 Å². The number of hydrogen-bond donors (Lipinski definition) is 1. The summed E-state index contributed by atoms with van der Waals surface area (Å²) in [4.78, 5) is 12.0. The van der Waals surface area contributed by atoms with Crippen molar-refractivity contribution in [1.29, 1.82) is 0 Å². The summed E-state index contributed by atoms with van der Waals surface area (Å²) in [7, 11) is 0. The molecule has 1 aliphatic rings. The molecule has 3 unspecified atom stereocenters. The number of carbonyl (C=O) groups excluding carboxylic acids is 1. The van der Waals surface area contributed by atoms with Gasteiger partial charge < -0.3 is 10.5 Å². The Morgan fingerprint density at radius 3 is 2.44 bits per heavy atom. The van der Waals surface area contributed by atoms with E-state index < -0.39 is 0 Å². The maximum absolute atomic E-state index is 12.0. The minimum atomic E-state index is -0.373. The summed E-state index contributed by atoms with van der Waals surface area (Å²) >= 11 is 0. The van der Waals surface area contributed by atoms with Gasteiger partial charge in [-0.25, -0.2) is 0 Å². The van der Waals surface area contributed by atoms with E-state index in [9.17, 15) is 4.79 Å². The molecule has 0 amide bonds. The van der Waals surface area contributed by atoms with Crippen molar-refractivity contribution in [3.05, 3.63) is 0 Å². The van der Waals surface area contributed by atoms with Crippen LogP contribution in [0.15, 0.2) is 0 Å². The Balaban J connectivity index is 2.52. The van der Waals surface area contributed by atoms with Crippen molar-refractivity contribution in [2.75, 3.05) is 6.54 Å². The lowest BCUT2D eigenvalue weighted by molar-refractivity contribution is -0.163. The molecule has 0 heterocycles. The molecule has 0 saturated heterocycles. The molecule has 1 fully saturated rings. The molecule has 0 aromatic heterocycles. The maximum atomic E-state index is 12.0. The molecule has 0 aliphatic heterocycles. The molecular formula is C13H25NO2. The zero-order chi connectivity index (χ0) is 12.3. The van der Waals surface area contributed by atoms with Gasteiger partial charge in [0.25, 0.3) is 0 Å². The Morgan fingerprint density at radius 1 is 1.38 bits per heavy atom. The lowest BCUT2D eigenvalue weighted by Gasteiger charge is -2.33. The molecule has 0 spiro atoms. The fraction of sp³-hybridized carbons (Fsp3) is 0.923. The monoisotopic (exact) mass is 227 g/mol. The standard InChI is InChI=1S/C13H25NO2/c1-9-7-10(8-14)5-6-11(9)12(15)16-13(2,3)4/h9-11H,5-8,14H2,1-4H3. The average Bonchev–Trinajstić information content (AvgIpc) is 2.14. The summed E-state index contributed by atoms with van der Waals surface area (Å²) in [5.74, 6) is 1.03. The third kappa shape index (κ3) is 3.78. The van der Waals surface area contributed by atoms with Gasteiger partial charge in [-0.2, -0.15) is 0 Å². The molecular weight excluding hydrogens is 202 g/mol. The predicted molar refractivity (Wildman–Crippen MR) is 64.9 cm³/mol. The number of nitrogens with two attached hydrogens (primary N) is 1. The van der Waals surface area contributed by atoms with Gasteiger partial charge in [-0.1, -0.05) is 6.92 Å². The molecule has 2 N–H and O–H groups in total. The molecule has 3 atom stereocenters. The first-order chi connectivity index (χ1) is 7.33. The first-order valence-corrected chi connectivity index (χ1v) is 6.26. The van der Waals surface area contributed by atoms with Crippen LogP contribution < -0.4 is 5.73 Å². The van der Waals surface area contributed by atoms with Crippen molar-refractivity contribution in [2.24, 2.45) is 23.5 Å². The van der Waals surface area contributed by atoms with Crippen LogP contribution in [0.25, 0.3) is 0 Å². The third-order valence-electron chi connectivity index (χ3n) is 3.32. The number of ether oxygens (including phenoxy) is 1. The highest BCUT2D eigenvalue weighted by atomic mass is 16.6. The van der Waals surface area contributed by atoms with Crippen LogP contribution in [0.5, 0.6) is 0 Å². The first kappa shape index (κ1) is 13.5. The van der Waals surface area contributed by atoms with E-state index in [4.69, 9.17) is 10.5 Å². The fourth-order valence-electron chi connectivity index (χ4n) is 2.45. The fourth-order valence-corrected chi connectivity index (χ4v) is 2.45. The Kier molecular flexibility index (Phi) is 4.36. The van der Waals surface area contributed by atoms with Gasteiger partial charge in [-0.05, 0) is 58.4 Å². The predicted octanol–water partition coefficient (Wildman–Crippen LogP) is 2.34. The van der Waals surface area contributed by atoms with Crippen LogP contribution in [0.4, 0.5) is 0 Å². The van der Waals surface area contributed by atoms with E-state index in [0.717, 1.165) is 25.8 Å². The van der Waals surface area contributed by atoms with Gasteiger partial charge in [-0.15, -0.1) is 0 Å². The summed E-state index contributed by atoms with van der Waals surface area (Å²) in [6.07, 6.45) is 3.04. The lowest BCUT2D eigenvalue weighted by atomic mass is 9.75. The van der Waals surface area contributed by atoms with E-state index in [0.29, 0.717) is 11.8 Å². The van der Waals surface area contributed by atoms with Crippen LogP contribution >= 0.6 is 0 Å². The molecule has 3 nitrogen and oxygen atoms in total. The van der Waals surface area contributed by atoms with Crippen LogP contribution in [0.3, 0.4) is 0 Å². The van der Waals surface area contributed by atoms with Crippen molar-refractivity contribution in [3.63, 3.8) is 0 Å². The summed E-state index contributed by atoms with van der Waals surface area (Å²) < 4.78 is 5.45. The smallest absolute Gasteiger partial charge is 0.309 e. The molecule has 16 heavy (non-hydrogen) atoms. The van der Waals surface area contributed by atoms with Crippen LogP contribution in [0, 0.1) is 17.8 Å². The quantitative estimate of drug-likeness (QED) is 0.737. The van der Waals surface area contributed by atoms with E-state index >= 15 is 0 Å². The van der Waals surface area contributed by atoms with Gasteiger partial charge in [0.15, 0.2) is 0 Å². The van der Waals surface area contributed by atoms with Crippen LogP contribution in [0.1, 0.15) is 47.0 Å². The minimum absolute atomic E-state index is 0.0320. The first-order valence-electron chi connectivity index (χ1n) is 6.26. The molecule has 0 aromatic carbocycles. The highest BCUT2D eigenvalue weighted by molar-refractivity contribution is 5.73. The second kappa shape index (κ2) is 5.17. The zero-order valence-electron chi connectivity index (χ0n) is 11.0. The van der Waals surface area contributed by atoms with Crippen LogP contribution in [0.2, 0.25) is 0 Å². The van der Waals surface area contributed by atoms with Gasteiger partial charge in [0, 0.05) is 0 Å². The molecule has 3 heteroatoms. The van der Waals surface area contributed by atoms with Gasteiger partial charge in [0.1, 0.15) is 5.60 Å². The highest BCUT2D eigenvalue weighted by Gasteiger charge is 2.34. The number of esters is 1. The average molecular weight is 227 g/mol. The summed E-state index contributed by atoms with van der Waals surface area (Å²) in [5.41, 5.74) is 5.30. The highest BCUT2D eigenvalue weighted by Crippen LogP contribution is 2.34. The van der Waals surface area contributed by atoms with Gasteiger partial charge >= 0.3 is 5.97 Å². The Morgan fingerprint density at radius 2 is 2.00 bits per heavy atom. The Labute approximate surface area is 98.7 Å². The van der Waals surface area contributed by atoms with Crippen molar-refractivity contribution in [1.82, 2.24) is 0 Å². The third-order valence-corrected chi connectivity index (χ3v) is 3.32. The zero-order valence-corrected chi connectivity index (χ0v) is 11.0. The molecule has 94 valence electrons. The minimum Gasteiger partial charge on any atom is -0.460 e. The second-order valence-corrected chi connectivity index (χ2v) is 6.03. The summed E-state index contributed by atoms with van der Waals surface area (Å²) in [6, 6.07) is 0. The summed E-state index contributed by atoms with van der Waals surface area (Å²) in [5, 5.41) is 0. The van der Waals surface area contributed by atoms with Crippen LogP contribution in [-0.4, -0.2) is 18.1 Å². The van der Waals surface area contributed by atoms with E-state index in [1.807, 2.05) is 20.8 Å². The van der Waals surface area contributed by atoms with E-state index in [2.05, 4.69) is 6.92 Å². The topological polar surface area (TPSA) is 52.3 Å². The van der Waals surface area contributed by atoms with E-state index in [1.54, 1.807) is 0 Å². The van der Waals surface area contributed by atoms with Crippen molar-refractivity contribution in [2.45, 2.75) is 52.6 Å². The molecule has 0 aromatic rings. The number of rotatable bonds is 2. The molecule has 0 bridgehead atoms. The largest absolute Gasteiger partial charge is 0.460 e. The van der Waals surface area contributed by atoms with Crippen molar-refractivity contribution < 1.29 is 9.53 Å². The molecule has 1 rings (SSSR count). The molecule has 1 aliphatic carbocycles.